The third-order valence-corrected chi connectivity index (χ3v) is 5.05. The van der Waals surface area contributed by atoms with E-state index in [-0.39, 0.29) is 18.4 Å². The standard InChI is InChI=1S/C18H20N4O2S/c1-12-14-9-15(17(24)19-10-16(23)21(2)3)25-18(14)22(20-12)11-13-7-5-4-6-8-13/h4-9H,10-11H2,1-3H3,(H,19,24). The van der Waals surface area contributed by atoms with Gasteiger partial charge >= 0.3 is 0 Å². The van der Waals surface area contributed by atoms with Gasteiger partial charge in [-0.2, -0.15) is 5.10 Å². The van der Waals surface area contributed by atoms with Crippen LogP contribution in [0, 0.1) is 6.92 Å². The lowest BCUT2D eigenvalue weighted by atomic mass is 10.2. The number of nitrogens with zero attached hydrogens (tertiary/aromatic N) is 3. The van der Waals surface area contributed by atoms with Crippen LogP contribution in [0.5, 0.6) is 0 Å². The average molecular weight is 356 g/mol. The molecule has 0 saturated carbocycles. The summed E-state index contributed by atoms with van der Waals surface area (Å²) in [7, 11) is 3.32. The Labute approximate surface area is 150 Å². The summed E-state index contributed by atoms with van der Waals surface area (Å²) >= 11 is 1.40. The molecule has 6 nitrogen and oxygen atoms in total. The number of carbonyl (C=O) groups excluding carboxylic acids is 2. The van der Waals surface area contributed by atoms with Crippen molar-refractivity contribution in [2.75, 3.05) is 20.6 Å². The van der Waals surface area contributed by atoms with E-state index >= 15 is 0 Å². The molecule has 0 aliphatic heterocycles. The van der Waals surface area contributed by atoms with Crippen molar-refractivity contribution in [2.45, 2.75) is 13.5 Å². The largest absolute Gasteiger partial charge is 0.347 e. The van der Waals surface area contributed by atoms with Gasteiger partial charge in [-0.1, -0.05) is 30.3 Å². The van der Waals surface area contributed by atoms with Crippen LogP contribution in [0.15, 0.2) is 36.4 Å². The van der Waals surface area contributed by atoms with Crippen molar-refractivity contribution in [1.29, 1.82) is 0 Å². The first-order valence-corrected chi connectivity index (χ1v) is 8.76. The van der Waals surface area contributed by atoms with Crippen LogP contribution in [0.1, 0.15) is 20.9 Å². The van der Waals surface area contributed by atoms with Crippen molar-refractivity contribution < 1.29 is 9.59 Å². The van der Waals surface area contributed by atoms with Gasteiger partial charge in [-0.25, -0.2) is 0 Å². The van der Waals surface area contributed by atoms with Gasteiger partial charge in [-0.15, -0.1) is 11.3 Å². The van der Waals surface area contributed by atoms with Gasteiger partial charge in [0.25, 0.3) is 5.91 Å². The molecule has 1 aromatic carbocycles. The van der Waals surface area contributed by atoms with E-state index < -0.39 is 0 Å². The van der Waals surface area contributed by atoms with Crippen molar-refractivity contribution in [3.63, 3.8) is 0 Å². The maximum absolute atomic E-state index is 12.3. The van der Waals surface area contributed by atoms with Gasteiger partial charge in [0.1, 0.15) is 4.83 Å². The van der Waals surface area contributed by atoms with E-state index in [4.69, 9.17) is 0 Å². The van der Waals surface area contributed by atoms with E-state index in [1.165, 1.54) is 16.2 Å². The quantitative estimate of drug-likeness (QED) is 0.763. The van der Waals surface area contributed by atoms with Gasteiger partial charge in [-0.05, 0) is 18.6 Å². The fourth-order valence-electron chi connectivity index (χ4n) is 2.49. The van der Waals surface area contributed by atoms with E-state index in [9.17, 15) is 9.59 Å². The molecule has 2 amide bonds. The molecular weight excluding hydrogens is 336 g/mol. The third kappa shape index (κ3) is 3.71. The molecule has 0 aliphatic rings. The fraction of sp³-hybridized carbons (Fsp3) is 0.278. The molecule has 2 heterocycles. The molecular formula is C18H20N4O2S. The van der Waals surface area contributed by atoms with Gasteiger partial charge in [0.15, 0.2) is 0 Å². The molecule has 25 heavy (non-hydrogen) atoms. The Bertz CT molecular complexity index is 912. The van der Waals surface area contributed by atoms with Gasteiger partial charge in [0, 0.05) is 19.5 Å². The monoisotopic (exact) mass is 356 g/mol. The summed E-state index contributed by atoms with van der Waals surface area (Å²) in [5.41, 5.74) is 2.05. The number of carbonyl (C=O) groups is 2. The van der Waals surface area contributed by atoms with Crippen molar-refractivity contribution >= 4 is 33.4 Å². The number of amides is 2. The Balaban J connectivity index is 1.81. The van der Waals surface area contributed by atoms with Crippen LogP contribution >= 0.6 is 11.3 Å². The van der Waals surface area contributed by atoms with E-state index in [2.05, 4.69) is 22.5 Å². The summed E-state index contributed by atoms with van der Waals surface area (Å²) in [6.07, 6.45) is 0. The zero-order valence-electron chi connectivity index (χ0n) is 14.4. The highest BCUT2D eigenvalue weighted by atomic mass is 32.1. The highest BCUT2D eigenvalue weighted by Crippen LogP contribution is 2.28. The first kappa shape index (κ1) is 17.2. The van der Waals surface area contributed by atoms with Crippen LogP contribution in [-0.2, 0) is 11.3 Å². The number of hydrogen-bond acceptors (Lipinski definition) is 4. The minimum absolute atomic E-state index is 0.00476. The molecule has 0 saturated heterocycles. The molecule has 0 unspecified atom stereocenters. The van der Waals surface area contributed by atoms with Crippen LogP contribution in [0.3, 0.4) is 0 Å². The Morgan fingerprint density at radius 1 is 1.24 bits per heavy atom. The van der Waals surface area contributed by atoms with Crippen molar-refractivity contribution in [3.8, 4) is 0 Å². The number of likely N-dealkylation sites (N-methyl/N-ethyl adjacent to an activating group) is 1. The van der Waals surface area contributed by atoms with E-state index in [1.807, 2.05) is 35.9 Å². The smallest absolute Gasteiger partial charge is 0.261 e. The Morgan fingerprint density at radius 3 is 2.64 bits per heavy atom. The highest BCUT2D eigenvalue weighted by molar-refractivity contribution is 7.20. The predicted molar refractivity (Wildman–Crippen MR) is 98.9 cm³/mol. The zero-order chi connectivity index (χ0) is 18.0. The van der Waals surface area contributed by atoms with Gasteiger partial charge in [-0.3, -0.25) is 14.3 Å². The lowest BCUT2D eigenvalue weighted by molar-refractivity contribution is -0.127. The number of nitrogens with one attached hydrogen (secondary N) is 1. The second kappa shape index (κ2) is 7.06. The molecule has 0 radical (unpaired) electrons. The van der Waals surface area contributed by atoms with Gasteiger partial charge in [0.05, 0.1) is 23.7 Å². The molecule has 0 fully saturated rings. The van der Waals surface area contributed by atoms with E-state index in [0.717, 1.165) is 21.5 Å². The molecule has 0 atom stereocenters. The SMILES string of the molecule is Cc1nn(Cc2ccccc2)c2sc(C(=O)NCC(=O)N(C)C)cc12. The summed E-state index contributed by atoms with van der Waals surface area (Å²) in [6.45, 7) is 2.59. The van der Waals surface area contributed by atoms with Crippen LogP contribution < -0.4 is 5.32 Å². The highest BCUT2D eigenvalue weighted by Gasteiger charge is 2.17. The lowest BCUT2D eigenvalue weighted by Gasteiger charge is -2.10. The fourth-order valence-corrected chi connectivity index (χ4v) is 3.57. The molecule has 2 aromatic heterocycles. The molecule has 0 bridgehead atoms. The molecule has 0 aliphatic carbocycles. The lowest BCUT2D eigenvalue weighted by Crippen LogP contribution is -2.35. The maximum Gasteiger partial charge on any atom is 0.261 e. The third-order valence-electron chi connectivity index (χ3n) is 3.91. The molecule has 0 spiro atoms. The number of fused-ring (bicyclic) bond motifs is 1. The Kier molecular flexibility index (Phi) is 4.85. The number of thiophene rings is 1. The maximum atomic E-state index is 12.3. The van der Waals surface area contributed by atoms with Crippen molar-refractivity contribution in [1.82, 2.24) is 20.0 Å². The summed E-state index contributed by atoms with van der Waals surface area (Å²) in [4.78, 5) is 26.9. The predicted octanol–water partition coefficient (Wildman–Crippen LogP) is 2.27. The van der Waals surface area contributed by atoms with Gasteiger partial charge < -0.3 is 10.2 Å². The first-order chi connectivity index (χ1) is 12.0. The van der Waals surface area contributed by atoms with E-state index in [0.29, 0.717) is 11.4 Å². The van der Waals surface area contributed by atoms with Crippen LogP contribution in [0.25, 0.3) is 10.2 Å². The number of benzene rings is 1. The minimum atomic E-state index is -0.234. The zero-order valence-corrected chi connectivity index (χ0v) is 15.3. The number of rotatable bonds is 5. The van der Waals surface area contributed by atoms with E-state index in [1.54, 1.807) is 14.1 Å². The van der Waals surface area contributed by atoms with Crippen LogP contribution in [-0.4, -0.2) is 47.1 Å². The van der Waals surface area contributed by atoms with Crippen LogP contribution in [0.4, 0.5) is 0 Å². The summed E-state index contributed by atoms with van der Waals surface area (Å²) in [5, 5.41) is 8.22. The molecule has 3 rings (SSSR count). The summed E-state index contributed by atoms with van der Waals surface area (Å²) in [5.74, 6) is -0.372. The second-order valence-corrected chi connectivity index (χ2v) is 7.06. The number of aryl methyl sites for hydroxylation is 1. The van der Waals surface area contributed by atoms with Gasteiger partial charge in [0.2, 0.25) is 5.91 Å². The first-order valence-electron chi connectivity index (χ1n) is 7.95. The molecule has 3 aromatic rings. The summed E-state index contributed by atoms with van der Waals surface area (Å²) < 4.78 is 1.92. The number of hydrogen-bond donors (Lipinski definition) is 1. The van der Waals surface area contributed by atoms with Crippen molar-refractivity contribution in [3.05, 3.63) is 52.5 Å². The Hall–Kier alpha value is -2.67. The molecule has 1 N–H and O–H groups in total. The molecule has 130 valence electrons. The summed E-state index contributed by atoms with van der Waals surface area (Å²) in [6, 6.07) is 11.9. The van der Waals surface area contributed by atoms with Crippen molar-refractivity contribution in [2.24, 2.45) is 0 Å². The van der Waals surface area contributed by atoms with Crippen LogP contribution in [0.2, 0.25) is 0 Å². The Morgan fingerprint density at radius 2 is 1.96 bits per heavy atom. The minimum Gasteiger partial charge on any atom is -0.347 e. The molecule has 7 heteroatoms. The second-order valence-electron chi connectivity index (χ2n) is 6.03. The topological polar surface area (TPSA) is 67.2 Å². The number of aromatic nitrogens is 2. The normalized spacial score (nSPS) is 10.8. The average Bonchev–Trinajstić information content (AvgIpc) is 3.15.